The summed E-state index contributed by atoms with van der Waals surface area (Å²) in [6.45, 7) is 3.16. The first-order valence-corrected chi connectivity index (χ1v) is 10.3. The highest BCUT2D eigenvalue weighted by molar-refractivity contribution is 7.80. The number of fused-ring (bicyclic) bond motifs is 1. The highest BCUT2D eigenvalue weighted by Gasteiger charge is 2.08. The molecule has 0 N–H and O–H groups in total. The van der Waals surface area contributed by atoms with Crippen molar-refractivity contribution in [2.75, 3.05) is 13.2 Å². The van der Waals surface area contributed by atoms with Crippen molar-refractivity contribution in [2.24, 2.45) is 0 Å². The van der Waals surface area contributed by atoms with Gasteiger partial charge in [-0.2, -0.15) is 0 Å². The lowest BCUT2D eigenvalue weighted by molar-refractivity contribution is 0.264. The van der Waals surface area contributed by atoms with Gasteiger partial charge in [-0.05, 0) is 42.9 Å². The Balaban J connectivity index is 1.63. The van der Waals surface area contributed by atoms with Crippen molar-refractivity contribution < 1.29 is 9.47 Å². The lowest BCUT2D eigenvalue weighted by atomic mass is 10.1. The van der Waals surface area contributed by atoms with E-state index in [1.165, 1.54) is 44.9 Å². The molecule has 1 aromatic carbocycles. The lowest BCUT2D eigenvalue weighted by Crippen LogP contribution is -2.13. The Morgan fingerprint density at radius 3 is 2.54 bits per heavy atom. The topological polar surface area (TPSA) is 31.4 Å². The van der Waals surface area contributed by atoms with Gasteiger partial charge in [0.25, 0.3) is 0 Å². The van der Waals surface area contributed by atoms with E-state index in [1.54, 1.807) is 6.20 Å². The highest BCUT2D eigenvalue weighted by atomic mass is 35.5. The SMILES string of the molecule is CCCCCCCCCCOC(=S)COc1ccc(Cl)c2cccnc12. The zero-order chi connectivity index (χ0) is 18.6. The summed E-state index contributed by atoms with van der Waals surface area (Å²) in [6, 6.07) is 7.41. The van der Waals surface area contributed by atoms with Gasteiger partial charge >= 0.3 is 0 Å². The van der Waals surface area contributed by atoms with Crippen LogP contribution in [0.5, 0.6) is 5.75 Å². The first-order chi connectivity index (χ1) is 12.7. The predicted octanol–water partition coefficient (Wildman–Crippen LogP) is 6.75. The molecule has 26 heavy (non-hydrogen) atoms. The fourth-order valence-corrected chi connectivity index (χ4v) is 3.19. The van der Waals surface area contributed by atoms with Crippen molar-refractivity contribution in [1.29, 1.82) is 0 Å². The van der Waals surface area contributed by atoms with Crippen LogP contribution in [0.2, 0.25) is 5.02 Å². The zero-order valence-electron chi connectivity index (χ0n) is 15.5. The van der Waals surface area contributed by atoms with Gasteiger partial charge in [0, 0.05) is 11.6 Å². The number of rotatable bonds is 12. The summed E-state index contributed by atoms with van der Waals surface area (Å²) in [4.78, 5) is 4.35. The van der Waals surface area contributed by atoms with Crippen LogP contribution < -0.4 is 4.74 Å². The molecule has 0 aliphatic carbocycles. The fourth-order valence-electron chi connectivity index (χ4n) is 2.83. The molecule has 5 heteroatoms. The first kappa shape index (κ1) is 20.9. The second-order valence-corrected chi connectivity index (χ2v) is 7.29. The van der Waals surface area contributed by atoms with E-state index in [-0.39, 0.29) is 6.61 Å². The molecule has 0 atom stereocenters. The Bertz CT molecular complexity index is 693. The van der Waals surface area contributed by atoms with Crippen molar-refractivity contribution in [3.63, 3.8) is 0 Å². The molecule has 0 amide bonds. The molecule has 0 saturated heterocycles. The Morgan fingerprint density at radius 2 is 1.77 bits per heavy atom. The van der Waals surface area contributed by atoms with Gasteiger partial charge in [0.05, 0.1) is 11.6 Å². The number of pyridine rings is 1. The van der Waals surface area contributed by atoms with Crippen LogP contribution >= 0.6 is 23.8 Å². The van der Waals surface area contributed by atoms with E-state index >= 15 is 0 Å². The predicted molar refractivity (Wildman–Crippen MR) is 113 cm³/mol. The maximum atomic E-state index is 6.19. The summed E-state index contributed by atoms with van der Waals surface area (Å²) in [5, 5.41) is 2.01. The third-order valence-electron chi connectivity index (χ3n) is 4.29. The average molecular weight is 394 g/mol. The molecule has 0 unspecified atom stereocenters. The van der Waals surface area contributed by atoms with Crippen LogP contribution in [0, 0.1) is 0 Å². The van der Waals surface area contributed by atoms with Gasteiger partial charge in [0.2, 0.25) is 0 Å². The van der Waals surface area contributed by atoms with E-state index < -0.39 is 0 Å². The van der Waals surface area contributed by atoms with E-state index in [0.29, 0.717) is 22.4 Å². The first-order valence-electron chi connectivity index (χ1n) is 9.54. The average Bonchev–Trinajstić information content (AvgIpc) is 2.66. The highest BCUT2D eigenvalue weighted by Crippen LogP contribution is 2.29. The molecule has 2 rings (SSSR count). The number of halogens is 1. The molecule has 2 aromatic rings. The zero-order valence-corrected chi connectivity index (χ0v) is 17.1. The van der Waals surface area contributed by atoms with E-state index in [4.69, 9.17) is 33.3 Å². The van der Waals surface area contributed by atoms with E-state index in [1.807, 2.05) is 24.3 Å². The van der Waals surface area contributed by atoms with Crippen LogP contribution in [0.3, 0.4) is 0 Å². The van der Waals surface area contributed by atoms with Crippen LogP contribution in [0.25, 0.3) is 10.9 Å². The number of thiocarbonyl (C=S) groups is 1. The van der Waals surface area contributed by atoms with Gasteiger partial charge in [-0.25, -0.2) is 0 Å². The lowest BCUT2D eigenvalue weighted by Gasteiger charge is -2.11. The van der Waals surface area contributed by atoms with E-state index in [2.05, 4.69) is 11.9 Å². The van der Waals surface area contributed by atoms with Gasteiger partial charge in [-0.3, -0.25) is 4.98 Å². The molecule has 0 aliphatic rings. The number of hydrogen-bond acceptors (Lipinski definition) is 4. The Hall–Kier alpha value is -1.39. The third kappa shape index (κ3) is 7.08. The summed E-state index contributed by atoms with van der Waals surface area (Å²) in [6.07, 6.45) is 11.9. The molecule has 1 heterocycles. The Labute approximate surface area is 167 Å². The van der Waals surface area contributed by atoms with Gasteiger partial charge in [-0.15, -0.1) is 0 Å². The normalized spacial score (nSPS) is 10.8. The molecule has 1 aromatic heterocycles. The van der Waals surface area contributed by atoms with Crippen LogP contribution in [-0.2, 0) is 4.74 Å². The second kappa shape index (κ2) is 12.1. The third-order valence-corrected chi connectivity index (χ3v) is 4.85. The maximum absolute atomic E-state index is 6.19. The van der Waals surface area contributed by atoms with Crippen molar-refractivity contribution in [3.05, 3.63) is 35.5 Å². The molecule has 0 fully saturated rings. The quantitative estimate of drug-likeness (QED) is 0.294. The molecular formula is C21H28ClNO2S. The molecule has 0 spiro atoms. The fraction of sp³-hybridized carbons (Fsp3) is 0.524. The molecule has 3 nitrogen and oxygen atoms in total. The second-order valence-electron chi connectivity index (χ2n) is 6.43. The largest absolute Gasteiger partial charge is 0.484 e. The molecule has 0 saturated carbocycles. The molecule has 0 bridgehead atoms. The van der Waals surface area contributed by atoms with Gasteiger partial charge in [0.1, 0.15) is 11.3 Å². The number of hydrogen-bond donors (Lipinski definition) is 0. The standard InChI is InChI=1S/C21H28ClNO2S/c1-2-3-4-5-6-7-8-9-15-24-20(26)16-25-19-13-12-18(22)17-11-10-14-23-21(17)19/h10-14H,2-9,15-16H2,1H3. The minimum absolute atomic E-state index is 0.250. The number of benzene rings is 1. The van der Waals surface area contributed by atoms with Gasteiger partial charge < -0.3 is 9.47 Å². The van der Waals surface area contributed by atoms with Crippen molar-refractivity contribution in [2.45, 2.75) is 58.3 Å². The smallest absolute Gasteiger partial charge is 0.197 e. The van der Waals surface area contributed by atoms with Crippen LogP contribution in [-0.4, -0.2) is 23.2 Å². The van der Waals surface area contributed by atoms with E-state index in [9.17, 15) is 0 Å². The van der Waals surface area contributed by atoms with Gasteiger partial charge in [0.15, 0.2) is 11.7 Å². The van der Waals surface area contributed by atoms with Gasteiger partial charge in [-0.1, -0.05) is 63.5 Å². The Morgan fingerprint density at radius 1 is 1.04 bits per heavy atom. The summed E-state index contributed by atoms with van der Waals surface area (Å²) in [7, 11) is 0. The number of aromatic nitrogens is 1. The van der Waals surface area contributed by atoms with E-state index in [0.717, 1.165) is 17.3 Å². The number of ether oxygens (including phenoxy) is 2. The van der Waals surface area contributed by atoms with Crippen molar-refractivity contribution >= 4 is 39.8 Å². The molecule has 0 aliphatic heterocycles. The summed E-state index contributed by atoms with van der Waals surface area (Å²) < 4.78 is 11.4. The van der Waals surface area contributed by atoms with Crippen LogP contribution in [0.4, 0.5) is 0 Å². The minimum atomic E-state index is 0.250. The Kier molecular flexibility index (Phi) is 9.72. The molecular weight excluding hydrogens is 366 g/mol. The summed E-state index contributed by atoms with van der Waals surface area (Å²) in [5.74, 6) is 0.669. The minimum Gasteiger partial charge on any atom is -0.484 e. The number of unbranched alkanes of at least 4 members (excludes halogenated alkanes) is 7. The maximum Gasteiger partial charge on any atom is 0.197 e. The van der Waals surface area contributed by atoms with Crippen LogP contribution in [0.15, 0.2) is 30.5 Å². The summed E-state index contributed by atoms with van der Waals surface area (Å²) >= 11 is 11.4. The van der Waals surface area contributed by atoms with Crippen LogP contribution in [0.1, 0.15) is 58.3 Å². The number of nitrogens with zero attached hydrogens (tertiary/aromatic N) is 1. The molecule has 142 valence electrons. The van der Waals surface area contributed by atoms with Crippen molar-refractivity contribution in [3.8, 4) is 5.75 Å². The summed E-state index contributed by atoms with van der Waals surface area (Å²) in [5.41, 5.74) is 0.742. The monoisotopic (exact) mass is 393 g/mol. The molecule has 0 radical (unpaired) electrons. The van der Waals surface area contributed by atoms with Crippen molar-refractivity contribution in [1.82, 2.24) is 4.98 Å².